The molecule has 1 amide bonds. The van der Waals surface area contributed by atoms with E-state index in [1.807, 2.05) is 36.4 Å². The molecule has 2 aromatic carbocycles. The molecule has 1 aliphatic heterocycles. The third-order valence-electron chi connectivity index (χ3n) is 6.47. The molecule has 0 saturated carbocycles. The number of rotatable bonds is 9. The minimum atomic E-state index is -0.201. The molecule has 1 fully saturated rings. The highest BCUT2D eigenvalue weighted by Crippen LogP contribution is 2.30. The van der Waals surface area contributed by atoms with Gasteiger partial charge < -0.3 is 28.6 Å². The van der Waals surface area contributed by atoms with Crippen molar-refractivity contribution in [2.45, 2.75) is 12.8 Å². The third-order valence-corrected chi connectivity index (χ3v) is 6.47. The number of carbonyl (C=O) groups is 1. The van der Waals surface area contributed by atoms with Crippen LogP contribution >= 0.6 is 12.4 Å². The van der Waals surface area contributed by atoms with Gasteiger partial charge in [0.25, 0.3) is 5.91 Å². The molecular formula is C26H31ClN4O5. The molecule has 36 heavy (non-hydrogen) atoms. The number of unbranched alkanes of at least 4 members (excludes halogenated alkanes) is 1. The molecule has 3 heterocycles. The first-order valence-electron chi connectivity index (χ1n) is 11.9. The Kier molecular flexibility index (Phi) is 8.22. The summed E-state index contributed by atoms with van der Waals surface area (Å²) in [5, 5.41) is 9.09. The number of methoxy groups -OCH3 is 2. The fraction of sp³-hybridized carbons (Fsp3) is 0.385. The van der Waals surface area contributed by atoms with Crippen LogP contribution in [0.25, 0.3) is 21.9 Å². The lowest BCUT2D eigenvalue weighted by Crippen LogP contribution is -2.46. The molecule has 0 radical (unpaired) electrons. The molecule has 4 aromatic rings. The van der Waals surface area contributed by atoms with Gasteiger partial charge in [0.1, 0.15) is 5.75 Å². The highest BCUT2D eigenvalue weighted by Gasteiger charge is 2.22. The highest BCUT2D eigenvalue weighted by molar-refractivity contribution is 5.97. The maximum Gasteiger partial charge on any atom is 0.287 e. The van der Waals surface area contributed by atoms with E-state index in [1.165, 1.54) is 0 Å². The number of ether oxygens (including phenoxy) is 2. The number of anilines is 1. The second kappa shape index (κ2) is 11.5. The van der Waals surface area contributed by atoms with E-state index in [0.29, 0.717) is 23.6 Å². The highest BCUT2D eigenvalue weighted by atomic mass is 35.5. The first-order valence-corrected chi connectivity index (χ1v) is 11.9. The number of hydrogen-bond donors (Lipinski definition) is 1. The maximum absolute atomic E-state index is 12.5. The number of hydrogen-bond acceptors (Lipinski definition) is 8. The first kappa shape index (κ1) is 25.7. The molecule has 1 N–H and O–H groups in total. The van der Waals surface area contributed by atoms with E-state index < -0.39 is 0 Å². The fourth-order valence-corrected chi connectivity index (χ4v) is 4.50. The Morgan fingerprint density at radius 3 is 2.67 bits per heavy atom. The van der Waals surface area contributed by atoms with Gasteiger partial charge in [-0.3, -0.25) is 9.69 Å². The topological polar surface area (TPSA) is 93.2 Å². The summed E-state index contributed by atoms with van der Waals surface area (Å²) >= 11 is 0. The zero-order valence-corrected chi connectivity index (χ0v) is 21.3. The number of para-hydroxylation sites is 1. The van der Waals surface area contributed by atoms with Gasteiger partial charge in [0.15, 0.2) is 28.5 Å². The molecule has 0 unspecified atom stereocenters. The van der Waals surface area contributed by atoms with Crippen LogP contribution < -0.4 is 19.7 Å². The van der Waals surface area contributed by atoms with E-state index in [-0.39, 0.29) is 18.3 Å². The van der Waals surface area contributed by atoms with Gasteiger partial charge in [-0.1, -0.05) is 17.3 Å². The summed E-state index contributed by atoms with van der Waals surface area (Å²) in [6.45, 7) is 5.33. The number of carbonyl (C=O) groups excluding carboxylic acids is 1. The van der Waals surface area contributed by atoms with Gasteiger partial charge in [0.2, 0.25) is 0 Å². The van der Waals surface area contributed by atoms with Crippen molar-refractivity contribution in [1.82, 2.24) is 15.4 Å². The molecule has 0 aliphatic carbocycles. The summed E-state index contributed by atoms with van der Waals surface area (Å²) in [6.07, 6.45) is 1.92. The Morgan fingerprint density at radius 1 is 1.06 bits per heavy atom. The third kappa shape index (κ3) is 5.37. The Labute approximate surface area is 215 Å². The van der Waals surface area contributed by atoms with Gasteiger partial charge in [-0.2, -0.15) is 0 Å². The molecule has 10 heteroatoms. The molecule has 2 aromatic heterocycles. The van der Waals surface area contributed by atoms with Crippen LogP contribution in [0.5, 0.6) is 11.5 Å². The summed E-state index contributed by atoms with van der Waals surface area (Å²) in [4.78, 5) is 17.2. The first-order chi connectivity index (χ1) is 17.2. The SMILES string of the molecule is COc1ccc2onc(N3CCN(CCCCNC(=O)c4cc5cccc(OC)c5o4)CC3)c2c1.Cl. The maximum atomic E-state index is 12.5. The van der Waals surface area contributed by atoms with E-state index in [9.17, 15) is 4.79 Å². The molecule has 0 spiro atoms. The van der Waals surface area contributed by atoms with Gasteiger partial charge in [-0.05, 0) is 49.7 Å². The number of nitrogens with zero attached hydrogens (tertiary/aromatic N) is 3. The van der Waals surface area contributed by atoms with Crippen LogP contribution in [-0.2, 0) is 0 Å². The van der Waals surface area contributed by atoms with Crippen LogP contribution in [0.15, 0.2) is 51.4 Å². The van der Waals surface area contributed by atoms with Crippen molar-refractivity contribution in [2.24, 2.45) is 0 Å². The van der Waals surface area contributed by atoms with E-state index in [4.69, 9.17) is 18.4 Å². The molecule has 9 nitrogen and oxygen atoms in total. The Balaban J connectivity index is 0.00000304. The molecule has 1 aliphatic rings. The van der Waals surface area contributed by atoms with Gasteiger partial charge in [0.05, 0.1) is 19.6 Å². The van der Waals surface area contributed by atoms with Crippen molar-refractivity contribution >= 4 is 46.1 Å². The predicted molar refractivity (Wildman–Crippen MR) is 141 cm³/mol. The predicted octanol–water partition coefficient (Wildman–Crippen LogP) is 4.35. The lowest BCUT2D eigenvalue weighted by molar-refractivity contribution is 0.0927. The Hall–Kier alpha value is -3.43. The average Bonchev–Trinajstić information content (AvgIpc) is 3.53. The van der Waals surface area contributed by atoms with Crippen LogP contribution in [0, 0.1) is 0 Å². The smallest absolute Gasteiger partial charge is 0.287 e. The van der Waals surface area contributed by atoms with Crippen molar-refractivity contribution in [3.05, 3.63) is 48.2 Å². The molecular weight excluding hydrogens is 484 g/mol. The lowest BCUT2D eigenvalue weighted by Gasteiger charge is -2.34. The van der Waals surface area contributed by atoms with Crippen LogP contribution in [0.1, 0.15) is 23.4 Å². The van der Waals surface area contributed by atoms with E-state index in [0.717, 1.165) is 73.5 Å². The van der Waals surface area contributed by atoms with Crippen molar-refractivity contribution < 1.29 is 23.2 Å². The zero-order valence-electron chi connectivity index (χ0n) is 20.5. The second-order valence-corrected chi connectivity index (χ2v) is 8.65. The Morgan fingerprint density at radius 2 is 1.89 bits per heavy atom. The van der Waals surface area contributed by atoms with Crippen LogP contribution in [0.4, 0.5) is 5.82 Å². The number of aromatic nitrogens is 1. The van der Waals surface area contributed by atoms with Crippen molar-refractivity contribution in [1.29, 1.82) is 0 Å². The fourth-order valence-electron chi connectivity index (χ4n) is 4.50. The summed E-state index contributed by atoms with van der Waals surface area (Å²) in [7, 11) is 3.25. The summed E-state index contributed by atoms with van der Waals surface area (Å²) in [5.41, 5.74) is 1.36. The average molecular weight is 515 g/mol. The van der Waals surface area contributed by atoms with E-state index in [1.54, 1.807) is 20.3 Å². The monoisotopic (exact) mass is 514 g/mol. The molecule has 1 saturated heterocycles. The number of nitrogens with one attached hydrogen (secondary N) is 1. The van der Waals surface area contributed by atoms with Crippen molar-refractivity contribution in [2.75, 3.05) is 58.4 Å². The van der Waals surface area contributed by atoms with Gasteiger partial charge in [0, 0.05) is 38.1 Å². The van der Waals surface area contributed by atoms with Gasteiger partial charge >= 0.3 is 0 Å². The Bertz CT molecular complexity index is 1310. The number of furan rings is 1. The normalized spacial score (nSPS) is 14.1. The van der Waals surface area contributed by atoms with Crippen LogP contribution in [0.2, 0.25) is 0 Å². The second-order valence-electron chi connectivity index (χ2n) is 8.65. The molecule has 5 rings (SSSR count). The van der Waals surface area contributed by atoms with Crippen LogP contribution in [0.3, 0.4) is 0 Å². The number of amides is 1. The number of piperazine rings is 1. The van der Waals surface area contributed by atoms with E-state index >= 15 is 0 Å². The minimum Gasteiger partial charge on any atom is -0.497 e. The molecule has 0 bridgehead atoms. The zero-order chi connectivity index (χ0) is 24.2. The minimum absolute atomic E-state index is 0. The molecule has 192 valence electrons. The quantitative estimate of drug-likeness (QED) is 0.330. The number of benzene rings is 2. The van der Waals surface area contributed by atoms with Gasteiger partial charge in [-0.15, -0.1) is 12.4 Å². The number of fused-ring (bicyclic) bond motifs is 2. The van der Waals surface area contributed by atoms with Crippen LogP contribution in [-0.4, -0.2) is 69.5 Å². The standard InChI is InChI=1S/C26H30N4O5.ClH/c1-32-19-8-9-21-20(17-19)25(28-35-21)30-14-12-29(13-15-30)11-4-3-10-27-26(31)23-16-18-6-5-7-22(33-2)24(18)34-23;/h5-9,16-17H,3-4,10-15H2,1-2H3,(H,27,31);1H. The summed E-state index contributed by atoms with van der Waals surface area (Å²) in [6, 6.07) is 13.1. The van der Waals surface area contributed by atoms with Crippen molar-refractivity contribution in [3.63, 3.8) is 0 Å². The summed E-state index contributed by atoms with van der Waals surface area (Å²) < 4.78 is 21.9. The van der Waals surface area contributed by atoms with E-state index in [2.05, 4.69) is 20.3 Å². The largest absolute Gasteiger partial charge is 0.497 e. The molecule has 0 atom stereocenters. The van der Waals surface area contributed by atoms with Gasteiger partial charge in [-0.25, -0.2) is 0 Å². The summed E-state index contributed by atoms with van der Waals surface area (Å²) in [5.74, 6) is 2.40. The van der Waals surface area contributed by atoms with Crippen molar-refractivity contribution in [3.8, 4) is 11.5 Å². The number of halogens is 1. The lowest BCUT2D eigenvalue weighted by atomic mass is 10.2.